The fraction of sp³-hybridized carbons (Fsp3) is 0.500. The maximum absolute atomic E-state index is 15.5. The number of hydrogen-bond acceptors (Lipinski definition) is 6. The summed E-state index contributed by atoms with van der Waals surface area (Å²) in [5, 5.41) is 9.20. The van der Waals surface area contributed by atoms with E-state index >= 15 is 4.39 Å². The Hall–Kier alpha value is -2.72. The summed E-state index contributed by atoms with van der Waals surface area (Å²) in [7, 11) is 0. The van der Waals surface area contributed by atoms with Gasteiger partial charge in [0.15, 0.2) is 5.82 Å². The number of fused-ring (bicyclic) bond motifs is 2. The molecule has 0 radical (unpaired) electrons. The van der Waals surface area contributed by atoms with Gasteiger partial charge in [-0.2, -0.15) is 0 Å². The number of benzene rings is 1. The van der Waals surface area contributed by atoms with E-state index < -0.39 is 40.7 Å². The zero-order valence-corrected chi connectivity index (χ0v) is 16.3. The molecule has 3 heterocycles. The first kappa shape index (κ1) is 19.3. The first-order chi connectivity index (χ1) is 14.2. The number of carboxylic acids is 1. The fourth-order valence-corrected chi connectivity index (χ4v) is 5.02. The smallest absolute Gasteiger partial charge is 0.341 e. The van der Waals surface area contributed by atoms with E-state index in [4.69, 9.17) is 16.2 Å². The van der Waals surface area contributed by atoms with Gasteiger partial charge in [-0.3, -0.25) is 4.79 Å². The number of aromatic nitrogens is 1. The van der Waals surface area contributed by atoms with Gasteiger partial charge in [0.1, 0.15) is 11.7 Å². The number of aromatic carboxylic acids is 1. The normalized spacial score (nSPS) is 30.1. The zero-order chi connectivity index (χ0) is 21.5. The Morgan fingerprint density at radius 3 is 2.67 bits per heavy atom. The number of nitrogen functional groups attached to an aromatic ring is 1. The molecule has 0 spiro atoms. The third-order valence-corrected chi connectivity index (χ3v) is 6.67. The van der Waals surface area contributed by atoms with Crippen LogP contribution in [0.1, 0.15) is 28.4 Å². The molecule has 10 heteroatoms. The van der Waals surface area contributed by atoms with Crippen LogP contribution in [0.15, 0.2) is 11.0 Å². The van der Waals surface area contributed by atoms with Crippen molar-refractivity contribution in [3.63, 3.8) is 0 Å². The van der Waals surface area contributed by atoms with E-state index in [0.717, 1.165) is 6.20 Å². The summed E-state index contributed by atoms with van der Waals surface area (Å²) in [6.45, 7) is 2.92. The van der Waals surface area contributed by atoms with Gasteiger partial charge in [-0.05, 0) is 12.5 Å². The van der Waals surface area contributed by atoms with Crippen LogP contribution in [0.4, 0.5) is 20.2 Å². The van der Waals surface area contributed by atoms with Crippen molar-refractivity contribution in [3.8, 4) is 0 Å². The van der Waals surface area contributed by atoms with Gasteiger partial charge < -0.3 is 30.8 Å². The Balaban J connectivity index is 1.82. The van der Waals surface area contributed by atoms with Gasteiger partial charge in [-0.1, -0.05) is 0 Å². The number of anilines is 2. The quantitative estimate of drug-likeness (QED) is 0.637. The first-order valence-electron chi connectivity index (χ1n) is 9.86. The van der Waals surface area contributed by atoms with E-state index in [-0.39, 0.29) is 41.0 Å². The van der Waals surface area contributed by atoms with Crippen molar-refractivity contribution in [2.24, 2.45) is 11.7 Å². The van der Waals surface area contributed by atoms with Crippen LogP contribution in [-0.4, -0.2) is 53.7 Å². The van der Waals surface area contributed by atoms with Crippen LogP contribution in [-0.2, 0) is 4.74 Å². The number of rotatable bonds is 3. The molecule has 2 aromatic rings. The number of carbonyl (C=O) groups is 1. The number of nitrogens with zero attached hydrogens (tertiary/aromatic N) is 2. The molecule has 0 bridgehead atoms. The summed E-state index contributed by atoms with van der Waals surface area (Å²) >= 11 is 0. The Morgan fingerprint density at radius 2 is 2.03 bits per heavy atom. The van der Waals surface area contributed by atoms with Gasteiger partial charge in [0.2, 0.25) is 5.43 Å². The molecule has 5 N–H and O–H groups in total. The van der Waals surface area contributed by atoms with E-state index in [1.807, 2.05) is 4.90 Å². The Morgan fingerprint density at radius 1 is 1.33 bits per heavy atom. The van der Waals surface area contributed by atoms with Gasteiger partial charge in [-0.15, -0.1) is 0 Å². The number of alkyl halides is 1. The second-order valence-corrected chi connectivity index (χ2v) is 8.41. The van der Waals surface area contributed by atoms with E-state index in [1.54, 1.807) is 6.92 Å². The van der Waals surface area contributed by atoms with E-state index in [2.05, 4.69) is 0 Å². The molecule has 1 saturated carbocycles. The predicted octanol–water partition coefficient (Wildman–Crippen LogP) is 1.17. The van der Waals surface area contributed by atoms with Crippen molar-refractivity contribution < 1.29 is 23.4 Å². The van der Waals surface area contributed by atoms with E-state index in [0.29, 0.717) is 25.3 Å². The molecule has 1 aliphatic carbocycles. The van der Waals surface area contributed by atoms with E-state index in [1.165, 1.54) is 4.57 Å². The van der Waals surface area contributed by atoms with Gasteiger partial charge in [0.05, 0.1) is 47.6 Å². The second kappa shape index (κ2) is 6.39. The topological polar surface area (TPSA) is 124 Å². The molecule has 5 rings (SSSR count). The summed E-state index contributed by atoms with van der Waals surface area (Å²) in [5.41, 5.74) is 11.3. The maximum Gasteiger partial charge on any atom is 0.341 e. The summed E-state index contributed by atoms with van der Waals surface area (Å²) in [4.78, 5) is 26.3. The van der Waals surface area contributed by atoms with Gasteiger partial charge in [-0.25, -0.2) is 13.6 Å². The highest BCUT2D eigenvalue weighted by Gasteiger charge is 2.46. The Kier molecular flexibility index (Phi) is 4.10. The lowest BCUT2D eigenvalue weighted by Gasteiger charge is -2.29. The molecule has 2 aliphatic heterocycles. The van der Waals surface area contributed by atoms with Crippen LogP contribution >= 0.6 is 0 Å². The van der Waals surface area contributed by atoms with Crippen LogP contribution in [0.2, 0.25) is 0 Å². The average Bonchev–Trinajstić information content (AvgIpc) is 3.10. The SMILES string of the molecule is Cc1c(N2CC(N)C3COCC32)c(F)c(N)c2c(=O)c(C(=O)O)cn(C3CC3F)c12. The van der Waals surface area contributed by atoms with Crippen LogP contribution in [0.5, 0.6) is 0 Å². The minimum Gasteiger partial charge on any atom is -0.477 e. The number of pyridine rings is 1. The summed E-state index contributed by atoms with van der Waals surface area (Å²) in [5.74, 6) is -2.21. The molecule has 5 unspecified atom stereocenters. The molecule has 3 aliphatic rings. The third-order valence-electron chi connectivity index (χ3n) is 6.67. The van der Waals surface area contributed by atoms with Gasteiger partial charge >= 0.3 is 5.97 Å². The number of nitrogens with two attached hydrogens (primary N) is 2. The molecule has 0 amide bonds. The zero-order valence-electron chi connectivity index (χ0n) is 16.3. The van der Waals surface area contributed by atoms with Crippen LogP contribution < -0.4 is 21.8 Å². The average molecular weight is 420 g/mol. The minimum atomic E-state index is -1.47. The maximum atomic E-state index is 15.5. The van der Waals surface area contributed by atoms with Gasteiger partial charge in [0.25, 0.3) is 0 Å². The van der Waals surface area contributed by atoms with E-state index in [9.17, 15) is 19.1 Å². The van der Waals surface area contributed by atoms with Crippen LogP contribution in [0, 0.1) is 18.7 Å². The Bertz CT molecular complexity index is 1150. The fourth-order valence-electron chi connectivity index (χ4n) is 5.02. The monoisotopic (exact) mass is 420 g/mol. The highest BCUT2D eigenvalue weighted by atomic mass is 19.1. The van der Waals surface area contributed by atoms with Gasteiger partial charge in [0, 0.05) is 31.1 Å². The van der Waals surface area contributed by atoms with Crippen LogP contribution in [0.25, 0.3) is 10.9 Å². The standard InChI is InChI=1S/C20H22F2N4O4/c1-7-17-14(19(27)8(20(28)29)3-25(17)12-2-10(12)21)16(24)15(22)18(7)26-4-11(23)9-5-30-6-13(9)26/h3,9-13H,2,4-6,23-24H2,1H3,(H,28,29). The highest BCUT2D eigenvalue weighted by Crippen LogP contribution is 2.45. The number of ether oxygens (including phenoxy) is 1. The second-order valence-electron chi connectivity index (χ2n) is 8.41. The first-order valence-corrected chi connectivity index (χ1v) is 9.86. The molecular weight excluding hydrogens is 398 g/mol. The molecule has 2 saturated heterocycles. The third kappa shape index (κ3) is 2.50. The molecular formula is C20H22F2N4O4. The summed E-state index contributed by atoms with van der Waals surface area (Å²) in [6.07, 6.45) is 0.165. The molecule has 160 valence electrons. The lowest BCUT2D eigenvalue weighted by atomic mass is 9.99. The molecule has 5 atom stereocenters. The predicted molar refractivity (Wildman–Crippen MR) is 106 cm³/mol. The van der Waals surface area contributed by atoms with Crippen molar-refractivity contribution in [2.75, 3.05) is 30.4 Å². The molecule has 8 nitrogen and oxygen atoms in total. The highest BCUT2D eigenvalue weighted by molar-refractivity contribution is 6.01. The van der Waals surface area contributed by atoms with Crippen molar-refractivity contribution in [1.82, 2.24) is 4.57 Å². The van der Waals surface area contributed by atoms with Crippen molar-refractivity contribution in [3.05, 3.63) is 33.4 Å². The van der Waals surface area contributed by atoms with Crippen molar-refractivity contribution >= 4 is 28.2 Å². The van der Waals surface area contributed by atoms with Crippen molar-refractivity contribution in [2.45, 2.75) is 37.6 Å². The lowest BCUT2D eigenvalue weighted by Crippen LogP contribution is -2.34. The number of aryl methyl sites for hydroxylation is 1. The van der Waals surface area contributed by atoms with Crippen molar-refractivity contribution in [1.29, 1.82) is 0 Å². The number of hydrogen-bond donors (Lipinski definition) is 3. The molecule has 1 aromatic carbocycles. The Labute approximate surface area is 170 Å². The number of halogens is 2. The summed E-state index contributed by atoms with van der Waals surface area (Å²) in [6, 6.07) is -0.951. The summed E-state index contributed by atoms with van der Waals surface area (Å²) < 4.78 is 36.5. The molecule has 3 fully saturated rings. The molecule has 1 aromatic heterocycles. The number of carboxylic acid groups (broad SMARTS) is 1. The van der Waals surface area contributed by atoms with Crippen LogP contribution in [0.3, 0.4) is 0 Å². The largest absolute Gasteiger partial charge is 0.477 e. The molecule has 30 heavy (non-hydrogen) atoms. The lowest BCUT2D eigenvalue weighted by molar-refractivity contribution is 0.0694. The minimum absolute atomic E-state index is 0.0518.